The van der Waals surface area contributed by atoms with Crippen molar-refractivity contribution in [2.75, 3.05) is 0 Å². The molecule has 2 N–H and O–H groups in total. The summed E-state index contributed by atoms with van der Waals surface area (Å²) in [6.45, 7) is 1.76. The van der Waals surface area contributed by atoms with Crippen LogP contribution in [0.4, 0.5) is 4.39 Å². The van der Waals surface area contributed by atoms with Crippen LogP contribution in [0.5, 0.6) is 0 Å². The van der Waals surface area contributed by atoms with Crippen molar-refractivity contribution in [2.45, 2.75) is 50.3 Å². The van der Waals surface area contributed by atoms with Gasteiger partial charge in [0.1, 0.15) is 0 Å². The molecule has 2 bridgehead atoms. The fourth-order valence-electron chi connectivity index (χ4n) is 3.37. The van der Waals surface area contributed by atoms with E-state index in [4.69, 9.17) is 0 Å². The number of fused-ring (bicyclic) bond motifs is 2. The quantitative estimate of drug-likeness (QED) is 0.728. The van der Waals surface area contributed by atoms with E-state index in [9.17, 15) is 9.50 Å². The third-order valence-electron chi connectivity index (χ3n) is 4.06. The van der Waals surface area contributed by atoms with Crippen molar-refractivity contribution < 1.29 is 9.50 Å². The predicted molar refractivity (Wildman–Crippen MR) is 62.0 cm³/mol. The average Bonchev–Trinajstić information content (AvgIpc) is 2.58. The Bertz CT molecular complexity index is 437. The molecule has 2 fully saturated rings. The molecule has 2 unspecified atom stereocenters. The largest absolute Gasteiger partial charge is 0.385 e. The van der Waals surface area contributed by atoms with Gasteiger partial charge in [0, 0.05) is 23.3 Å². The molecule has 0 aromatic carbocycles. The molecule has 1 aromatic heterocycles. The first-order chi connectivity index (χ1) is 8.07. The first kappa shape index (κ1) is 11.1. The van der Waals surface area contributed by atoms with Gasteiger partial charge >= 0.3 is 0 Å². The molecule has 17 heavy (non-hydrogen) atoms. The van der Waals surface area contributed by atoms with Crippen molar-refractivity contribution in [1.29, 1.82) is 0 Å². The molecule has 3 nitrogen and oxygen atoms in total. The number of nitrogens with zero attached hydrogens (tertiary/aromatic N) is 1. The van der Waals surface area contributed by atoms with Crippen molar-refractivity contribution in [2.24, 2.45) is 0 Å². The van der Waals surface area contributed by atoms with Gasteiger partial charge in [-0.1, -0.05) is 0 Å². The minimum Gasteiger partial charge on any atom is -0.385 e. The van der Waals surface area contributed by atoms with Crippen LogP contribution in [0.15, 0.2) is 12.1 Å². The van der Waals surface area contributed by atoms with Gasteiger partial charge in [-0.05, 0) is 44.7 Å². The van der Waals surface area contributed by atoms with Crippen LogP contribution >= 0.6 is 0 Å². The molecule has 3 heterocycles. The first-order valence-electron chi connectivity index (χ1n) is 6.19. The lowest BCUT2D eigenvalue weighted by atomic mass is 9.81. The zero-order chi connectivity index (χ0) is 12.0. The molecule has 2 aliphatic rings. The Morgan fingerprint density at radius 2 is 2.00 bits per heavy atom. The van der Waals surface area contributed by atoms with E-state index < -0.39 is 11.5 Å². The molecule has 2 saturated heterocycles. The number of pyridine rings is 1. The Kier molecular flexibility index (Phi) is 2.45. The van der Waals surface area contributed by atoms with Gasteiger partial charge < -0.3 is 10.4 Å². The fourth-order valence-corrected chi connectivity index (χ4v) is 3.37. The summed E-state index contributed by atoms with van der Waals surface area (Å²) >= 11 is 0. The van der Waals surface area contributed by atoms with E-state index in [-0.39, 0.29) is 0 Å². The zero-order valence-corrected chi connectivity index (χ0v) is 9.91. The van der Waals surface area contributed by atoms with Crippen LogP contribution in [0.1, 0.15) is 36.9 Å². The number of aromatic nitrogens is 1. The second kappa shape index (κ2) is 3.75. The summed E-state index contributed by atoms with van der Waals surface area (Å²) in [5.74, 6) is -0.480. The van der Waals surface area contributed by atoms with E-state index in [2.05, 4.69) is 10.3 Å². The molecular weight excluding hydrogens is 219 g/mol. The average molecular weight is 236 g/mol. The predicted octanol–water partition coefficient (Wildman–Crippen LogP) is 1.63. The highest BCUT2D eigenvalue weighted by atomic mass is 19.1. The molecule has 0 amide bonds. The Morgan fingerprint density at radius 1 is 1.35 bits per heavy atom. The summed E-state index contributed by atoms with van der Waals surface area (Å²) in [5.41, 5.74) is 0.563. The summed E-state index contributed by atoms with van der Waals surface area (Å²) in [5, 5.41) is 14.3. The molecule has 0 aliphatic carbocycles. The smallest absolute Gasteiger partial charge is 0.213 e. The van der Waals surface area contributed by atoms with Gasteiger partial charge in [-0.25, -0.2) is 4.98 Å². The molecule has 0 spiro atoms. The molecule has 4 heteroatoms. The van der Waals surface area contributed by atoms with Gasteiger partial charge in [-0.2, -0.15) is 4.39 Å². The number of halogens is 1. The topological polar surface area (TPSA) is 45.2 Å². The maximum Gasteiger partial charge on any atom is 0.213 e. The number of rotatable bonds is 1. The number of hydrogen-bond donors (Lipinski definition) is 2. The summed E-state index contributed by atoms with van der Waals surface area (Å²) in [6, 6.07) is 3.80. The second-order valence-corrected chi connectivity index (χ2v) is 5.34. The van der Waals surface area contributed by atoms with Gasteiger partial charge in [0.25, 0.3) is 0 Å². The Hall–Kier alpha value is -1.00. The third-order valence-corrected chi connectivity index (χ3v) is 4.06. The summed E-state index contributed by atoms with van der Waals surface area (Å²) in [6.07, 6.45) is 3.66. The van der Waals surface area contributed by atoms with Crippen molar-refractivity contribution in [3.05, 3.63) is 29.3 Å². The van der Waals surface area contributed by atoms with Crippen LogP contribution in [0.3, 0.4) is 0 Å². The van der Waals surface area contributed by atoms with E-state index in [0.29, 0.717) is 30.6 Å². The number of piperidine rings is 1. The van der Waals surface area contributed by atoms with Crippen LogP contribution in [-0.2, 0) is 5.60 Å². The molecule has 0 saturated carbocycles. The Morgan fingerprint density at radius 3 is 2.59 bits per heavy atom. The van der Waals surface area contributed by atoms with Crippen LogP contribution in [0, 0.1) is 12.9 Å². The monoisotopic (exact) mass is 236 g/mol. The number of hydrogen-bond acceptors (Lipinski definition) is 3. The highest BCUT2D eigenvalue weighted by Crippen LogP contribution is 2.41. The van der Waals surface area contributed by atoms with Crippen molar-refractivity contribution >= 4 is 0 Å². The first-order valence-corrected chi connectivity index (χ1v) is 6.19. The van der Waals surface area contributed by atoms with Crippen molar-refractivity contribution in [1.82, 2.24) is 10.3 Å². The normalized spacial score (nSPS) is 36.2. The van der Waals surface area contributed by atoms with Crippen LogP contribution in [0.25, 0.3) is 0 Å². The van der Waals surface area contributed by atoms with Crippen LogP contribution in [0.2, 0.25) is 0 Å². The standard InChI is InChI=1S/C13H17FN2O/c1-8-11(4-5-12(14)15-8)13(17)6-9-2-3-10(7-13)16-9/h4-5,9-10,16-17H,2-3,6-7H2,1H3. The van der Waals surface area contributed by atoms with Crippen LogP contribution in [-0.4, -0.2) is 22.2 Å². The highest BCUT2D eigenvalue weighted by Gasteiger charge is 2.44. The minimum absolute atomic E-state index is 0.392. The summed E-state index contributed by atoms with van der Waals surface area (Å²) < 4.78 is 13.0. The minimum atomic E-state index is -0.831. The molecule has 0 radical (unpaired) electrons. The third kappa shape index (κ3) is 1.85. The summed E-state index contributed by atoms with van der Waals surface area (Å²) in [4.78, 5) is 3.82. The van der Waals surface area contributed by atoms with E-state index in [1.54, 1.807) is 13.0 Å². The fraction of sp³-hybridized carbons (Fsp3) is 0.615. The lowest BCUT2D eigenvalue weighted by molar-refractivity contribution is -0.0124. The van der Waals surface area contributed by atoms with E-state index >= 15 is 0 Å². The molecule has 1 aromatic rings. The Labute approximate surface area is 100 Å². The van der Waals surface area contributed by atoms with Gasteiger partial charge in [-0.3, -0.25) is 0 Å². The molecule has 92 valence electrons. The number of aryl methyl sites for hydroxylation is 1. The summed E-state index contributed by atoms with van der Waals surface area (Å²) in [7, 11) is 0. The second-order valence-electron chi connectivity index (χ2n) is 5.34. The molecule has 2 atom stereocenters. The lowest BCUT2D eigenvalue weighted by Gasteiger charge is -2.38. The van der Waals surface area contributed by atoms with E-state index in [1.165, 1.54) is 6.07 Å². The van der Waals surface area contributed by atoms with E-state index in [0.717, 1.165) is 18.4 Å². The SMILES string of the molecule is Cc1nc(F)ccc1C1(O)CC2CCC(C1)N2. The van der Waals surface area contributed by atoms with Gasteiger partial charge in [-0.15, -0.1) is 0 Å². The zero-order valence-electron chi connectivity index (χ0n) is 9.91. The van der Waals surface area contributed by atoms with Gasteiger partial charge in [0.15, 0.2) is 0 Å². The molecule has 2 aliphatic heterocycles. The maximum atomic E-state index is 13.0. The van der Waals surface area contributed by atoms with E-state index in [1.807, 2.05) is 0 Å². The molecule has 3 rings (SSSR count). The number of aliphatic hydroxyl groups is 1. The molecular formula is C13H17FN2O. The van der Waals surface area contributed by atoms with Crippen molar-refractivity contribution in [3.8, 4) is 0 Å². The maximum absolute atomic E-state index is 13.0. The Balaban J connectivity index is 1.97. The van der Waals surface area contributed by atoms with Crippen molar-refractivity contribution in [3.63, 3.8) is 0 Å². The highest BCUT2D eigenvalue weighted by molar-refractivity contribution is 5.28. The number of nitrogens with one attached hydrogen (secondary N) is 1. The van der Waals surface area contributed by atoms with Crippen LogP contribution < -0.4 is 5.32 Å². The lowest BCUT2D eigenvalue weighted by Crippen LogP contribution is -2.47. The van der Waals surface area contributed by atoms with Gasteiger partial charge in [0.2, 0.25) is 5.95 Å². The van der Waals surface area contributed by atoms with Gasteiger partial charge in [0.05, 0.1) is 5.60 Å².